The van der Waals surface area contributed by atoms with Crippen LogP contribution in [0, 0.1) is 5.41 Å². The molecule has 1 spiro atoms. The van der Waals surface area contributed by atoms with Gasteiger partial charge in [0.25, 0.3) is 0 Å². The number of nitrogens with zero attached hydrogens (tertiary/aromatic N) is 3. The minimum absolute atomic E-state index is 0.121. The Kier molecular flexibility index (Phi) is 7.99. The van der Waals surface area contributed by atoms with Gasteiger partial charge in [0, 0.05) is 37.7 Å². The van der Waals surface area contributed by atoms with E-state index in [1.807, 2.05) is 6.07 Å². The molecule has 1 amide bonds. The number of rotatable bonds is 5. The Hall–Kier alpha value is -1.51. The summed E-state index contributed by atoms with van der Waals surface area (Å²) < 4.78 is 42.7. The molecule has 0 saturated carbocycles. The van der Waals surface area contributed by atoms with Gasteiger partial charge in [-0.1, -0.05) is 30.2 Å². The van der Waals surface area contributed by atoms with E-state index < -0.39 is 18.4 Å². The quantitative estimate of drug-likeness (QED) is 0.518. The molecule has 190 valence electrons. The zero-order valence-electron chi connectivity index (χ0n) is 19.9. The van der Waals surface area contributed by atoms with Gasteiger partial charge >= 0.3 is 12.3 Å². The Morgan fingerprint density at radius 3 is 2.38 bits per heavy atom. The SMILES string of the molecule is CC(OC(=O)N1CCC2(CCN(Cc3ccc(Cl)c(CN4CCCCC4)c3)C2)CC1)C(F)(F)F. The van der Waals surface area contributed by atoms with E-state index in [9.17, 15) is 18.0 Å². The smallest absolute Gasteiger partial charge is 0.425 e. The number of benzene rings is 1. The average Bonchev–Trinajstić information content (AvgIpc) is 3.18. The lowest BCUT2D eigenvalue weighted by atomic mass is 9.78. The molecule has 3 aliphatic heterocycles. The predicted molar refractivity (Wildman–Crippen MR) is 126 cm³/mol. The topological polar surface area (TPSA) is 36.0 Å². The van der Waals surface area contributed by atoms with Crippen molar-refractivity contribution in [3.05, 3.63) is 34.3 Å². The molecule has 1 unspecified atom stereocenters. The fourth-order valence-electron chi connectivity index (χ4n) is 5.49. The standard InChI is InChI=1S/C25H35ClF3N3O2/c1-19(25(27,28)29)34-23(33)32-13-8-24(9-14-32)7-12-31(18-24)16-20-5-6-22(26)21(15-20)17-30-10-3-2-4-11-30/h5-6,15,19H,2-4,7-14,16-18H2,1H3. The Bertz CT molecular complexity index is 852. The van der Waals surface area contributed by atoms with Gasteiger partial charge in [0.1, 0.15) is 0 Å². The van der Waals surface area contributed by atoms with E-state index in [0.717, 1.165) is 70.5 Å². The summed E-state index contributed by atoms with van der Waals surface area (Å²) in [5.74, 6) is 0. The van der Waals surface area contributed by atoms with Crippen LogP contribution in [0.2, 0.25) is 5.02 Å². The van der Waals surface area contributed by atoms with Gasteiger partial charge in [-0.05, 0) is 81.3 Å². The summed E-state index contributed by atoms with van der Waals surface area (Å²) in [6.07, 6.45) is -1.04. The Balaban J connectivity index is 1.28. The van der Waals surface area contributed by atoms with Crippen LogP contribution in [0.15, 0.2) is 18.2 Å². The second-order valence-corrected chi connectivity index (χ2v) is 10.7. The van der Waals surface area contributed by atoms with Crippen LogP contribution in [-0.2, 0) is 17.8 Å². The van der Waals surface area contributed by atoms with E-state index >= 15 is 0 Å². The normalized spacial score (nSPS) is 22.8. The molecule has 3 fully saturated rings. The Labute approximate surface area is 205 Å². The number of piperidine rings is 2. The van der Waals surface area contributed by atoms with E-state index in [1.54, 1.807) is 0 Å². The predicted octanol–water partition coefficient (Wildman–Crippen LogP) is 5.70. The van der Waals surface area contributed by atoms with Crippen molar-refractivity contribution in [3.8, 4) is 0 Å². The van der Waals surface area contributed by atoms with Crippen LogP contribution < -0.4 is 0 Å². The highest BCUT2D eigenvalue weighted by Crippen LogP contribution is 2.41. The van der Waals surface area contributed by atoms with Crippen LogP contribution in [0.5, 0.6) is 0 Å². The fraction of sp³-hybridized carbons (Fsp3) is 0.720. The first-order chi connectivity index (χ1) is 16.1. The van der Waals surface area contributed by atoms with Crippen molar-refractivity contribution >= 4 is 17.7 Å². The van der Waals surface area contributed by atoms with Gasteiger partial charge in [-0.2, -0.15) is 13.2 Å². The summed E-state index contributed by atoms with van der Waals surface area (Å²) in [4.78, 5) is 18.5. The first-order valence-corrected chi connectivity index (χ1v) is 12.8. The molecule has 1 aromatic rings. The number of ether oxygens (including phenoxy) is 1. The third-order valence-corrected chi connectivity index (χ3v) is 8.07. The highest BCUT2D eigenvalue weighted by molar-refractivity contribution is 6.31. The van der Waals surface area contributed by atoms with Gasteiger partial charge in [-0.25, -0.2) is 4.79 Å². The van der Waals surface area contributed by atoms with E-state index in [0.29, 0.717) is 13.1 Å². The summed E-state index contributed by atoms with van der Waals surface area (Å²) in [5, 5.41) is 0.825. The molecule has 4 rings (SSSR count). The number of carbonyl (C=O) groups excluding carboxylic acids is 1. The summed E-state index contributed by atoms with van der Waals surface area (Å²) in [6.45, 7) is 7.71. The van der Waals surface area contributed by atoms with Crippen LogP contribution >= 0.6 is 11.6 Å². The highest BCUT2D eigenvalue weighted by atomic mass is 35.5. The number of amides is 1. The maximum atomic E-state index is 12.7. The van der Waals surface area contributed by atoms with Crippen LogP contribution in [0.1, 0.15) is 56.6 Å². The molecule has 3 saturated heterocycles. The van der Waals surface area contributed by atoms with Crippen LogP contribution in [-0.4, -0.2) is 72.3 Å². The lowest BCUT2D eigenvalue weighted by Gasteiger charge is -2.39. The molecule has 0 N–H and O–H groups in total. The minimum atomic E-state index is -4.53. The van der Waals surface area contributed by atoms with E-state index in [4.69, 9.17) is 11.6 Å². The third-order valence-electron chi connectivity index (χ3n) is 7.70. The van der Waals surface area contributed by atoms with Crippen molar-refractivity contribution in [2.75, 3.05) is 39.3 Å². The number of likely N-dealkylation sites (tertiary alicyclic amines) is 3. The monoisotopic (exact) mass is 501 g/mol. The second-order valence-electron chi connectivity index (χ2n) is 10.3. The zero-order valence-corrected chi connectivity index (χ0v) is 20.6. The van der Waals surface area contributed by atoms with Crippen molar-refractivity contribution in [1.29, 1.82) is 0 Å². The van der Waals surface area contributed by atoms with Crippen LogP contribution in [0.25, 0.3) is 0 Å². The lowest BCUT2D eigenvalue weighted by Crippen LogP contribution is -2.46. The molecule has 1 aromatic carbocycles. The molecule has 1 atom stereocenters. The van der Waals surface area contributed by atoms with Crippen molar-refractivity contribution in [1.82, 2.24) is 14.7 Å². The zero-order chi connectivity index (χ0) is 24.3. The molecule has 0 bridgehead atoms. The number of hydrogen-bond donors (Lipinski definition) is 0. The van der Waals surface area contributed by atoms with Crippen molar-refractivity contribution in [2.45, 2.75) is 70.8 Å². The number of alkyl halides is 3. The van der Waals surface area contributed by atoms with E-state index in [2.05, 4.69) is 26.7 Å². The maximum Gasteiger partial charge on any atom is 0.425 e. The maximum absolute atomic E-state index is 12.7. The molecule has 3 heterocycles. The molecule has 0 aromatic heterocycles. The molecule has 0 radical (unpaired) electrons. The number of carbonyl (C=O) groups is 1. The molecule has 5 nitrogen and oxygen atoms in total. The van der Waals surface area contributed by atoms with Crippen LogP contribution in [0.3, 0.4) is 0 Å². The van der Waals surface area contributed by atoms with Crippen LogP contribution in [0.4, 0.5) is 18.0 Å². The fourth-order valence-corrected chi connectivity index (χ4v) is 5.67. The molecular weight excluding hydrogens is 467 g/mol. The third kappa shape index (κ3) is 6.38. The van der Waals surface area contributed by atoms with Gasteiger partial charge in [0.05, 0.1) is 0 Å². The average molecular weight is 502 g/mol. The molecule has 0 aliphatic carbocycles. The van der Waals surface area contributed by atoms with Gasteiger partial charge in [-0.3, -0.25) is 9.80 Å². The van der Waals surface area contributed by atoms with E-state index in [1.165, 1.54) is 35.3 Å². The molecular formula is C25H35ClF3N3O2. The number of halogens is 4. The first-order valence-electron chi connectivity index (χ1n) is 12.4. The van der Waals surface area contributed by atoms with Crippen molar-refractivity contribution < 1.29 is 22.7 Å². The Morgan fingerprint density at radius 1 is 1.03 bits per heavy atom. The Morgan fingerprint density at radius 2 is 1.71 bits per heavy atom. The van der Waals surface area contributed by atoms with Crippen molar-refractivity contribution in [3.63, 3.8) is 0 Å². The lowest BCUT2D eigenvalue weighted by molar-refractivity contribution is -0.200. The molecule has 34 heavy (non-hydrogen) atoms. The van der Waals surface area contributed by atoms with Gasteiger partial charge in [0.2, 0.25) is 0 Å². The van der Waals surface area contributed by atoms with Crippen molar-refractivity contribution in [2.24, 2.45) is 5.41 Å². The largest absolute Gasteiger partial charge is 0.437 e. The molecule has 3 aliphatic rings. The minimum Gasteiger partial charge on any atom is -0.437 e. The molecule has 9 heteroatoms. The van der Waals surface area contributed by atoms with Gasteiger partial charge in [0.15, 0.2) is 6.10 Å². The number of hydrogen-bond acceptors (Lipinski definition) is 4. The summed E-state index contributed by atoms with van der Waals surface area (Å²) in [6, 6.07) is 6.35. The highest BCUT2D eigenvalue weighted by Gasteiger charge is 2.43. The first kappa shape index (κ1) is 25.6. The summed E-state index contributed by atoms with van der Waals surface area (Å²) in [5.41, 5.74) is 2.57. The second kappa shape index (κ2) is 10.6. The van der Waals surface area contributed by atoms with E-state index in [-0.39, 0.29) is 5.41 Å². The summed E-state index contributed by atoms with van der Waals surface area (Å²) in [7, 11) is 0. The van der Waals surface area contributed by atoms with Gasteiger partial charge < -0.3 is 9.64 Å². The summed E-state index contributed by atoms with van der Waals surface area (Å²) >= 11 is 6.50. The van der Waals surface area contributed by atoms with Gasteiger partial charge in [-0.15, -0.1) is 0 Å².